The molecule has 1 rings (SSSR count). The van der Waals surface area contributed by atoms with Crippen LogP contribution in [-0.4, -0.2) is 17.6 Å². The van der Waals surface area contributed by atoms with E-state index in [1.165, 1.54) is 16.9 Å². The molecule has 1 aromatic carbocycles. The van der Waals surface area contributed by atoms with Crippen molar-refractivity contribution in [3.8, 4) is 5.75 Å². The lowest BCUT2D eigenvalue weighted by Gasteiger charge is -2.12. The van der Waals surface area contributed by atoms with Crippen molar-refractivity contribution in [1.29, 1.82) is 0 Å². The molecule has 1 nitrogen and oxygen atoms in total. The summed E-state index contributed by atoms with van der Waals surface area (Å²) in [4.78, 5) is 0. The molecule has 0 saturated carbocycles. The maximum atomic E-state index is 5.84. The first-order chi connectivity index (χ1) is 7.61. The summed E-state index contributed by atoms with van der Waals surface area (Å²) in [5.41, 5.74) is 2.47. The van der Waals surface area contributed by atoms with Gasteiger partial charge >= 0.3 is 0 Å². The first-order valence-electron chi connectivity index (χ1n) is 5.92. The van der Waals surface area contributed by atoms with Gasteiger partial charge in [0.05, 0.1) is 6.61 Å². The van der Waals surface area contributed by atoms with Crippen molar-refractivity contribution in [2.45, 2.75) is 39.4 Å². The van der Waals surface area contributed by atoms with Crippen LogP contribution in [0.4, 0.5) is 0 Å². The molecule has 0 N–H and O–H groups in total. The molecule has 16 heavy (non-hydrogen) atoms. The molecule has 0 heterocycles. The van der Waals surface area contributed by atoms with Crippen LogP contribution in [0.1, 0.15) is 31.4 Å². The normalized spacial score (nSPS) is 10.8. The Labute approximate surface area is 104 Å². The zero-order valence-corrected chi connectivity index (χ0v) is 11.6. The molecule has 0 spiro atoms. The van der Waals surface area contributed by atoms with Crippen LogP contribution in [0.2, 0.25) is 0 Å². The van der Waals surface area contributed by atoms with Gasteiger partial charge in [-0.05, 0) is 42.4 Å². The van der Waals surface area contributed by atoms with Gasteiger partial charge in [-0.15, -0.1) is 0 Å². The summed E-state index contributed by atoms with van der Waals surface area (Å²) < 4.78 is 5.84. The van der Waals surface area contributed by atoms with Crippen LogP contribution in [-0.2, 0) is 0 Å². The minimum Gasteiger partial charge on any atom is -0.493 e. The summed E-state index contributed by atoms with van der Waals surface area (Å²) >= 11 is 1.99. The van der Waals surface area contributed by atoms with E-state index < -0.39 is 0 Å². The molecule has 0 fully saturated rings. The van der Waals surface area contributed by atoms with E-state index in [4.69, 9.17) is 4.74 Å². The van der Waals surface area contributed by atoms with Gasteiger partial charge in [-0.25, -0.2) is 0 Å². The highest BCUT2D eigenvalue weighted by molar-refractivity contribution is 7.99. The average Bonchev–Trinajstić information content (AvgIpc) is 2.21. The standard InChI is InChI=1S/C14H22OS/c1-11(2)16-10-6-9-15-14-12(3)7-5-8-13(14)4/h5,7-8,11H,6,9-10H2,1-4H3. The number of para-hydroxylation sites is 1. The number of ether oxygens (including phenoxy) is 1. The Morgan fingerprint density at radius 3 is 2.38 bits per heavy atom. The maximum Gasteiger partial charge on any atom is 0.125 e. The number of rotatable bonds is 6. The van der Waals surface area contributed by atoms with Gasteiger partial charge in [0.15, 0.2) is 0 Å². The zero-order valence-electron chi connectivity index (χ0n) is 10.7. The van der Waals surface area contributed by atoms with E-state index in [1.54, 1.807) is 0 Å². The molecule has 0 aromatic heterocycles. The fraction of sp³-hybridized carbons (Fsp3) is 0.571. The van der Waals surface area contributed by atoms with Crippen LogP contribution >= 0.6 is 11.8 Å². The van der Waals surface area contributed by atoms with Gasteiger partial charge < -0.3 is 4.74 Å². The lowest BCUT2D eigenvalue weighted by molar-refractivity contribution is 0.314. The predicted octanol–water partition coefficient (Wildman–Crippen LogP) is 4.21. The second kappa shape index (κ2) is 6.85. The molecule has 1 aromatic rings. The van der Waals surface area contributed by atoms with Crippen molar-refractivity contribution >= 4 is 11.8 Å². The molecule has 90 valence electrons. The molecular weight excluding hydrogens is 216 g/mol. The quantitative estimate of drug-likeness (QED) is 0.686. The van der Waals surface area contributed by atoms with Gasteiger partial charge in [0.1, 0.15) is 5.75 Å². The second-order valence-corrected chi connectivity index (χ2v) is 6.03. The number of thioether (sulfide) groups is 1. The molecule has 0 saturated heterocycles. The highest BCUT2D eigenvalue weighted by Crippen LogP contribution is 2.22. The highest BCUT2D eigenvalue weighted by Gasteiger charge is 2.02. The van der Waals surface area contributed by atoms with Crippen molar-refractivity contribution in [2.24, 2.45) is 0 Å². The summed E-state index contributed by atoms with van der Waals surface area (Å²) in [7, 11) is 0. The van der Waals surface area contributed by atoms with Gasteiger partial charge in [-0.2, -0.15) is 11.8 Å². The Balaban J connectivity index is 2.32. The molecule has 0 amide bonds. The van der Waals surface area contributed by atoms with E-state index in [2.05, 4.69) is 45.9 Å². The summed E-state index contributed by atoms with van der Waals surface area (Å²) in [6.07, 6.45) is 1.12. The third-order valence-electron chi connectivity index (χ3n) is 2.40. The molecule has 0 aliphatic rings. The molecule has 0 aliphatic heterocycles. The Hall–Kier alpha value is -0.630. The van der Waals surface area contributed by atoms with Gasteiger partial charge in [-0.3, -0.25) is 0 Å². The van der Waals surface area contributed by atoms with Crippen LogP contribution in [0.15, 0.2) is 18.2 Å². The molecule has 0 atom stereocenters. The predicted molar refractivity (Wildman–Crippen MR) is 73.6 cm³/mol. The van der Waals surface area contributed by atoms with E-state index in [0.717, 1.165) is 24.0 Å². The van der Waals surface area contributed by atoms with Crippen molar-refractivity contribution in [1.82, 2.24) is 0 Å². The fourth-order valence-corrected chi connectivity index (χ4v) is 2.33. The van der Waals surface area contributed by atoms with Crippen LogP contribution in [0.25, 0.3) is 0 Å². The van der Waals surface area contributed by atoms with Gasteiger partial charge in [0.25, 0.3) is 0 Å². The smallest absolute Gasteiger partial charge is 0.125 e. The minimum absolute atomic E-state index is 0.722. The van der Waals surface area contributed by atoms with Crippen LogP contribution in [0.3, 0.4) is 0 Å². The Morgan fingerprint density at radius 2 is 1.81 bits per heavy atom. The monoisotopic (exact) mass is 238 g/mol. The summed E-state index contributed by atoms with van der Waals surface area (Å²) in [6.45, 7) is 9.50. The zero-order chi connectivity index (χ0) is 12.0. The lowest BCUT2D eigenvalue weighted by atomic mass is 10.1. The van der Waals surface area contributed by atoms with Crippen LogP contribution in [0, 0.1) is 13.8 Å². The van der Waals surface area contributed by atoms with E-state index >= 15 is 0 Å². The molecule has 0 radical (unpaired) electrons. The average molecular weight is 238 g/mol. The van der Waals surface area contributed by atoms with E-state index in [9.17, 15) is 0 Å². The summed E-state index contributed by atoms with van der Waals surface area (Å²) in [6, 6.07) is 6.28. The molecule has 0 aliphatic carbocycles. The Bertz CT molecular complexity index is 300. The number of hydrogen-bond acceptors (Lipinski definition) is 2. The van der Waals surface area contributed by atoms with Gasteiger partial charge in [0, 0.05) is 0 Å². The second-order valence-electron chi connectivity index (χ2n) is 4.34. The molecule has 2 heteroatoms. The van der Waals surface area contributed by atoms with Crippen molar-refractivity contribution in [2.75, 3.05) is 12.4 Å². The topological polar surface area (TPSA) is 9.23 Å². The maximum absolute atomic E-state index is 5.84. The SMILES string of the molecule is Cc1cccc(C)c1OCCCSC(C)C. The van der Waals surface area contributed by atoms with Gasteiger partial charge in [0.2, 0.25) is 0 Å². The molecule has 0 unspecified atom stereocenters. The lowest BCUT2D eigenvalue weighted by Crippen LogP contribution is -2.02. The van der Waals surface area contributed by atoms with E-state index in [1.807, 2.05) is 11.8 Å². The van der Waals surface area contributed by atoms with Crippen molar-refractivity contribution in [3.05, 3.63) is 29.3 Å². The first kappa shape index (κ1) is 13.4. The molecular formula is C14H22OS. The third-order valence-corrected chi connectivity index (χ3v) is 3.59. The van der Waals surface area contributed by atoms with Crippen LogP contribution < -0.4 is 4.74 Å². The number of aryl methyl sites for hydroxylation is 2. The Morgan fingerprint density at radius 1 is 1.19 bits per heavy atom. The van der Waals surface area contributed by atoms with E-state index in [0.29, 0.717) is 0 Å². The minimum atomic E-state index is 0.722. The fourth-order valence-electron chi connectivity index (χ4n) is 1.58. The van der Waals surface area contributed by atoms with Crippen molar-refractivity contribution in [3.63, 3.8) is 0 Å². The summed E-state index contributed by atoms with van der Waals surface area (Å²) in [5, 5.41) is 0.722. The van der Waals surface area contributed by atoms with Crippen LogP contribution in [0.5, 0.6) is 5.75 Å². The Kier molecular flexibility index (Phi) is 5.75. The molecule has 0 bridgehead atoms. The number of benzene rings is 1. The summed E-state index contributed by atoms with van der Waals surface area (Å²) in [5.74, 6) is 2.25. The van der Waals surface area contributed by atoms with E-state index in [-0.39, 0.29) is 0 Å². The first-order valence-corrected chi connectivity index (χ1v) is 6.96. The third kappa shape index (κ3) is 4.48. The van der Waals surface area contributed by atoms with Crippen molar-refractivity contribution < 1.29 is 4.74 Å². The van der Waals surface area contributed by atoms with Gasteiger partial charge in [-0.1, -0.05) is 32.0 Å². The number of hydrogen-bond donors (Lipinski definition) is 0. The highest BCUT2D eigenvalue weighted by atomic mass is 32.2. The largest absolute Gasteiger partial charge is 0.493 e.